The second-order valence-electron chi connectivity index (χ2n) is 5.97. The maximum atomic E-state index is 13.8. The van der Waals surface area contributed by atoms with Gasteiger partial charge in [-0.2, -0.15) is 0 Å². The Kier molecular flexibility index (Phi) is 4.42. The summed E-state index contributed by atoms with van der Waals surface area (Å²) in [5.74, 6) is 0.0328. The quantitative estimate of drug-likeness (QED) is 0.875. The van der Waals surface area contributed by atoms with Crippen LogP contribution in [0.4, 0.5) is 4.39 Å². The molecule has 116 valence electrons. The van der Waals surface area contributed by atoms with Gasteiger partial charge in [0.05, 0.1) is 7.11 Å². The molecule has 5 heteroatoms. The van der Waals surface area contributed by atoms with Crippen molar-refractivity contribution in [3.8, 4) is 5.75 Å². The summed E-state index contributed by atoms with van der Waals surface area (Å²) in [6.45, 7) is 5.79. The second-order valence-corrected chi connectivity index (χ2v) is 5.97. The predicted molar refractivity (Wildman–Crippen MR) is 81.3 cm³/mol. The number of ether oxygens (including phenoxy) is 1. The molecular formula is C16H24FN3O. The van der Waals surface area contributed by atoms with Crippen LogP contribution in [-0.4, -0.2) is 68.8 Å². The molecule has 1 aromatic rings. The fourth-order valence-corrected chi connectivity index (χ4v) is 3.56. The van der Waals surface area contributed by atoms with Crippen LogP contribution in [0, 0.1) is 5.82 Å². The molecule has 21 heavy (non-hydrogen) atoms. The minimum absolute atomic E-state index is 0.279. The molecule has 0 saturated carbocycles. The Bertz CT molecular complexity index is 488. The Morgan fingerprint density at radius 2 is 2.10 bits per heavy atom. The molecule has 2 bridgehead atoms. The number of fused-ring (bicyclic) bond motifs is 3. The third kappa shape index (κ3) is 3.05. The van der Waals surface area contributed by atoms with Gasteiger partial charge in [-0.1, -0.05) is 6.07 Å². The van der Waals surface area contributed by atoms with E-state index in [-0.39, 0.29) is 5.82 Å². The van der Waals surface area contributed by atoms with Crippen molar-refractivity contribution in [1.29, 1.82) is 0 Å². The van der Waals surface area contributed by atoms with Gasteiger partial charge in [0.15, 0.2) is 11.6 Å². The number of hydrogen-bond acceptors (Lipinski definition) is 4. The van der Waals surface area contributed by atoms with Gasteiger partial charge in [-0.15, -0.1) is 0 Å². The van der Waals surface area contributed by atoms with Crippen molar-refractivity contribution in [2.75, 3.05) is 46.9 Å². The van der Waals surface area contributed by atoms with Crippen LogP contribution < -0.4 is 10.1 Å². The van der Waals surface area contributed by atoms with Crippen LogP contribution in [0.5, 0.6) is 5.75 Å². The van der Waals surface area contributed by atoms with Crippen LogP contribution in [0.15, 0.2) is 18.2 Å². The van der Waals surface area contributed by atoms with E-state index in [2.05, 4.69) is 15.1 Å². The molecule has 2 atom stereocenters. The Hall–Kier alpha value is -1.17. The van der Waals surface area contributed by atoms with Crippen LogP contribution in [0.1, 0.15) is 5.56 Å². The molecule has 0 radical (unpaired) electrons. The standard InChI is InChI=1S/C16H24FN3O/c1-18-14(15-11-19-5-7-20(15)8-6-19)10-12-3-4-16(21-2)13(17)9-12/h3-4,9,14-15,18H,5-8,10-11H2,1-2H3. The van der Waals surface area contributed by atoms with Crippen LogP contribution in [0.2, 0.25) is 0 Å². The highest BCUT2D eigenvalue weighted by Gasteiger charge is 2.36. The summed E-state index contributed by atoms with van der Waals surface area (Å²) in [7, 11) is 3.50. The van der Waals surface area contributed by atoms with E-state index in [9.17, 15) is 4.39 Å². The summed E-state index contributed by atoms with van der Waals surface area (Å²) in [5, 5.41) is 3.43. The van der Waals surface area contributed by atoms with Crippen LogP contribution in [0.25, 0.3) is 0 Å². The third-order valence-corrected chi connectivity index (χ3v) is 4.83. The van der Waals surface area contributed by atoms with E-state index in [0.717, 1.165) is 31.6 Å². The first-order chi connectivity index (χ1) is 10.2. The molecule has 0 spiro atoms. The lowest BCUT2D eigenvalue weighted by Gasteiger charge is -2.50. The maximum absolute atomic E-state index is 13.8. The number of piperazine rings is 3. The lowest BCUT2D eigenvalue weighted by atomic mass is 9.94. The van der Waals surface area contributed by atoms with E-state index in [1.54, 1.807) is 12.1 Å². The molecule has 4 nitrogen and oxygen atoms in total. The summed E-state index contributed by atoms with van der Waals surface area (Å²) in [5.41, 5.74) is 1.02. The van der Waals surface area contributed by atoms with Crippen LogP contribution in [0.3, 0.4) is 0 Å². The van der Waals surface area contributed by atoms with Gasteiger partial charge in [0.1, 0.15) is 0 Å². The molecule has 0 aliphatic carbocycles. The summed E-state index contributed by atoms with van der Waals surface area (Å²) in [6.07, 6.45) is 0.840. The highest BCUT2D eigenvalue weighted by atomic mass is 19.1. The fraction of sp³-hybridized carbons (Fsp3) is 0.625. The number of nitrogens with one attached hydrogen (secondary N) is 1. The lowest BCUT2D eigenvalue weighted by Crippen LogP contribution is -2.66. The van der Waals surface area contributed by atoms with Gasteiger partial charge < -0.3 is 10.1 Å². The van der Waals surface area contributed by atoms with Crippen LogP contribution >= 0.6 is 0 Å². The Morgan fingerprint density at radius 1 is 1.33 bits per heavy atom. The minimum atomic E-state index is -0.279. The summed E-state index contributed by atoms with van der Waals surface area (Å²) in [4.78, 5) is 5.10. The van der Waals surface area contributed by atoms with Crippen molar-refractivity contribution in [2.24, 2.45) is 0 Å². The number of hydrogen-bond donors (Lipinski definition) is 1. The Balaban J connectivity index is 1.71. The van der Waals surface area contributed by atoms with Gasteiger partial charge >= 0.3 is 0 Å². The number of likely N-dealkylation sites (N-methyl/N-ethyl adjacent to an activating group) is 1. The van der Waals surface area contributed by atoms with Crippen molar-refractivity contribution < 1.29 is 9.13 Å². The van der Waals surface area contributed by atoms with Gasteiger partial charge in [0.2, 0.25) is 0 Å². The fourth-order valence-electron chi connectivity index (χ4n) is 3.56. The van der Waals surface area contributed by atoms with E-state index < -0.39 is 0 Å². The molecule has 3 aliphatic heterocycles. The zero-order valence-corrected chi connectivity index (χ0v) is 12.8. The molecule has 0 amide bonds. The van der Waals surface area contributed by atoms with Gasteiger partial charge in [0, 0.05) is 44.8 Å². The molecule has 3 fully saturated rings. The first-order valence-electron chi connectivity index (χ1n) is 7.67. The molecule has 3 heterocycles. The zero-order chi connectivity index (χ0) is 14.8. The molecule has 4 rings (SSSR count). The number of rotatable bonds is 5. The van der Waals surface area contributed by atoms with Gasteiger partial charge in [-0.05, 0) is 31.2 Å². The summed E-state index contributed by atoms with van der Waals surface area (Å²) in [6, 6.07) is 6.14. The SMILES string of the molecule is CNC(Cc1ccc(OC)c(F)c1)C1CN2CCN1CC2. The van der Waals surface area contributed by atoms with E-state index in [0.29, 0.717) is 17.8 Å². The predicted octanol–water partition coefficient (Wildman–Crippen LogP) is 0.965. The minimum Gasteiger partial charge on any atom is -0.494 e. The van der Waals surface area contributed by atoms with E-state index in [4.69, 9.17) is 4.74 Å². The lowest BCUT2D eigenvalue weighted by molar-refractivity contribution is -0.00202. The number of methoxy groups -OCH3 is 1. The monoisotopic (exact) mass is 293 g/mol. The van der Waals surface area contributed by atoms with Crippen molar-refractivity contribution >= 4 is 0 Å². The van der Waals surface area contributed by atoms with Gasteiger partial charge in [-0.25, -0.2) is 4.39 Å². The molecule has 1 N–H and O–H groups in total. The highest BCUT2D eigenvalue weighted by Crippen LogP contribution is 2.22. The second kappa shape index (κ2) is 6.30. The first-order valence-corrected chi connectivity index (χ1v) is 7.67. The maximum Gasteiger partial charge on any atom is 0.165 e. The van der Waals surface area contributed by atoms with Crippen LogP contribution in [-0.2, 0) is 6.42 Å². The number of benzene rings is 1. The average Bonchev–Trinajstić information content (AvgIpc) is 2.54. The van der Waals surface area contributed by atoms with E-state index >= 15 is 0 Å². The topological polar surface area (TPSA) is 27.7 Å². The molecule has 2 unspecified atom stereocenters. The highest BCUT2D eigenvalue weighted by molar-refractivity contribution is 5.30. The summed E-state index contributed by atoms with van der Waals surface area (Å²) < 4.78 is 18.8. The van der Waals surface area contributed by atoms with Crippen molar-refractivity contribution in [1.82, 2.24) is 15.1 Å². The largest absolute Gasteiger partial charge is 0.494 e. The summed E-state index contributed by atoms with van der Waals surface area (Å²) >= 11 is 0. The molecule has 1 aromatic carbocycles. The Labute approximate surface area is 125 Å². The molecule has 3 saturated heterocycles. The molecular weight excluding hydrogens is 269 g/mol. The van der Waals surface area contributed by atoms with Gasteiger partial charge in [0.25, 0.3) is 0 Å². The van der Waals surface area contributed by atoms with Crippen molar-refractivity contribution in [2.45, 2.75) is 18.5 Å². The third-order valence-electron chi connectivity index (χ3n) is 4.83. The Morgan fingerprint density at radius 3 is 2.62 bits per heavy atom. The smallest absolute Gasteiger partial charge is 0.165 e. The van der Waals surface area contributed by atoms with E-state index in [1.165, 1.54) is 20.2 Å². The average molecular weight is 293 g/mol. The van der Waals surface area contributed by atoms with Crippen molar-refractivity contribution in [3.63, 3.8) is 0 Å². The van der Waals surface area contributed by atoms with Crippen molar-refractivity contribution in [3.05, 3.63) is 29.6 Å². The number of nitrogens with zero attached hydrogens (tertiary/aromatic N) is 2. The number of halogens is 1. The normalized spacial score (nSPS) is 29.4. The van der Waals surface area contributed by atoms with Gasteiger partial charge in [-0.3, -0.25) is 9.80 Å². The first kappa shape index (κ1) is 14.8. The molecule has 3 aliphatic rings. The molecule has 0 aromatic heterocycles. The zero-order valence-electron chi connectivity index (χ0n) is 12.8. The van der Waals surface area contributed by atoms with E-state index in [1.807, 2.05) is 13.1 Å².